The Balaban J connectivity index is 0.00000140. The summed E-state index contributed by atoms with van der Waals surface area (Å²) in [5, 5.41) is 3.38. The molecule has 1 amide bonds. The lowest BCUT2D eigenvalue weighted by molar-refractivity contribution is 0.0773. The fourth-order valence-electron chi connectivity index (χ4n) is 3.69. The van der Waals surface area contributed by atoms with Crippen LogP contribution in [-0.2, 0) is 0 Å². The molecule has 0 aliphatic carbocycles. The summed E-state index contributed by atoms with van der Waals surface area (Å²) < 4.78 is 5.82. The third-order valence-electron chi connectivity index (χ3n) is 5.08. The molecule has 0 spiro atoms. The van der Waals surface area contributed by atoms with Crippen LogP contribution < -0.4 is 10.1 Å². The predicted octanol–water partition coefficient (Wildman–Crippen LogP) is 2.84. The van der Waals surface area contributed by atoms with E-state index in [1.165, 1.54) is 0 Å². The van der Waals surface area contributed by atoms with Gasteiger partial charge in [0.2, 0.25) is 0 Å². The van der Waals surface area contributed by atoms with E-state index in [2.05, 4.69) is 15.2 Å². The van der Waals surface area contributed by atoms with Gasteiger partial charge in [0.25, 0.3) is 5.91 Å². The van der Waals surface area contributed by atoms with Crippen LogP contribution in [0, 0.1) is 0 Å². The van der Waals surface area contributed by atoms with Crippen molar-refractivity contribution in [3.8, 4) is 11.5 Å². The Hall–Kier alpha value is -1.86. The van der Waals surface area contributed by atoms with Gasteiger partial charge < -0.3 is 15.0 Å². The molecule has 1 atom stereocenters. The van der Waals surface area contributed by atoms with Gasteiger partial charge in [-0.05, 0) is 36.8 Å². The van der Waals surface area contributed by atoms with Gasteiger partial charge in [-0.1, -0.05) is 6.07 Å². The lowest BCUT2D eigenvalue weighted by Crippen LogP contribution is -2.49. The number of hydrogen-bond donors (Lipinski definition) is 1. The van der Waals surface area contributed by atoms with Gasteiger partial charge in [0.1, 0.15) is 11.5 Å². The SMILES string of the molecule is Cl.Cl.O=C(c1cccc(Oc2ccncc2)c1)N1CCC(N2CCNCC2)C1. The second-order valence-electron chi connectivity index (χ2n) is 6.79. The first-order valence-corrected chi connectivity index (χ1v) is 9.21. The van der Waals surface area contributed by atoms with Crippen molar-refractivity contribution in [3.63, 3.8) is 0 Å². The molecule has 1 aromatic heterocycles. The number of nitrogens with one attached hydrogen (secondary N) is 1. The molecule has 1 unspecified atom stereocenters. The average molecular weight is 425 g/mol. The Morgan fingerprint density at radius 2 is 1.79 bits per heavy atom. The van der Waals surface area contributed by atoms with Crippen LogP contribution in [0.25, 0.3) is 0 Å². The summed E-state index contributed by atoms with van der Waals surface area (Å²) in [7, 11) is 0. The zero-order valence-corrected chi connectivity index (χ0v) is 17.3. The summed E-state index contributed by atoms with van der Waals surface area (Å²) in [4.78, 5) is 21.4. The predicted molar refractivity (Wildman–Crippen MR) is 114 cm³/mol. The normalized spacial score (nSPS) is 19.4. The minimum Gasteiger partial charge on any atom is -0.457 e. The van der Waals surface area contributed by atoms with Gasteiger partial charge in [-0.15, -0.1) is 24.8 Å². The van der Waals surface area contributed by atoms with Gasteiger partial charge in [0.05, 0.1) is 0 Å². The number of amides is 1. The van der Waals surface area contributed by atoms with E-state index in [1.54, 1.807) is 24.5 Å². The van der Waals surface area contributed by atoms with Gasteiger partial charge in [0.15, 0.2) is 0 Å². The number of pyridine rings is 1. The summed E-state index contributed by atoms with van der Waals surface area (Å²) in [5.74, 6) is 1.47. The molecule has 6 nitrogen and oxygen atoms in total. The molecule has 0 bridgehead atoms. The van der Waals surface area contributed by atoms with Crippen molar-refractivity contribution >= 4 is 30.7 Å². The van der Waals surface area contributed by atoms with E-state index < -0.39 is 0 Å². The molecule has 152 valence electrons. The van der Waals surface area contributed by atoms with Gasteiger partial charge in [-0.25, -0.2) is 0 Å². The van der Waals surface area contributed by atoms with E-state index >= 15 is 0 Å². The molecule has 0 saturated carbocycles. The molecule has 1 aromatic carbocycles. The number of carbonyl (C=O) groups excluding carboxylic acids is 1. The lowest BCUT2D eigenvalue weighted by Gasteiger charge is -2.32. The Kier molecular flexibility index (Phi) is 8.51. The number of carbonyl (C=O) groups is 1. The molecule has 1 N–H and O–H groups in total. The third kappa shape index (κ3) is 5.35. The number of aromatic nitrogens is 1. The van der Waals surface area contributed by atoms with E-state index in [0.717, 1.165) is 45.7 Å². The second kappa shape index (κ2) is 10.6. The van der Waals surface area contributed by atoms with Crippen LogP contribution in [0.5, 0.6) is 11.5 Å². The highest BCUT2D eigenvalue weighted by molar-refractivity contribution is 5.94. The summed E-state index contributed by atoms with van der Waals surface area (Å²) in [6.45, 7) is 5.86. The molecule has 8 heteroatoms. The van der Waals surface area contributed by atoms with Crippen molar-refractivity contribution in [3.05, 3.63) is 54.4 Å². The minimum absolute atomic E-state index is 0. The maximum atomic E-state index is 12.9. The highest BCUT2D eigenvalue weighted by Gasteiger charge is 2.31. The van der Waals surface area contributed by atoms with Crippen LogP contribution in [0.4, 0.5) is 0 Å². The van der Waals surface area contributed by atoms with Crippen molar-refractivity contribution in [2.24, 2.45) is 0 Å². The molecule has 2 saturated heterocycles. The van der Waals surface area contributed by atoms with Crippen LogP contribution >= 0.6 is 24.8 Å². The number of nitrogens with zero attached hydrogens (tertiary/aromatic N) is 3. The average Bonchev–Trinajstić information content (AvgIpc) is 3.19. The Morgan fingerprint density at radius 3 is 2.54 bits per heavy atom. The van der Waals surface area contributed by atoms with Crippen molar-refractivity contribution in [1.29, 1.82) is 0 Å². The first kappa shape index (κ1) is 22.4. The number of hydrogen-bond acceptors (Lipinski definition) is 5. The minimum atomic E-state index is 0. The molecule has 2 aliphatic rings. The highest BCUT2D eigenvalue weighted by Crippen LogP contribution is 2.24. The maximum Gasteiger partial charge on any atom is 0.254 e. The largest absolute Gasteiger partial charge is 0.457 e. The number of ether oxygens (including phenoxy) is 1. The van der Waals surface area contributed by atoms with E-state index in [9.17, 15) is 4.79 Å². The molecular weight excluding hydrogens is 399 g/mol. The van der Waals surface area contributed by atoms with E-state index in [4.69, 9.17) is 4.74 Å². The molecule has 3 heterocycles. The van der Waals surface area contributed by atoms with Crippen LogP contribution in [-0.4, -0.2) is 66.0 Å². The number of likely N-dealkylation sites (tertiary alicyclic amines) is 1. The fourth-order valence-corrected chi connectivity index (χ4v) is 3.69. The maximum absolute atomic E-state index is 12.9. The van der Waals surface area contributed by atoms with Crippen LogP contribution in [0.2, 0.25) is 0 Å². The summed E-state index contributed by atoms with van der Waals surface area (Å²) in [6.07, 6.45) is 4.43. The van der Waals surface area contributed by atoms with Crippen molar-refractivity contribution < 1.29 is 9.53 Å². The summed E-state index contributed by atoms with van der Waals surface area (Å²) >= 11 is 0. The van der Waals surface area contributed by atoms with Gasteiger partial charge >= 0.3 is 0 Å². The van der Waals surface area contributed by atoms with E-state index in [-0.39, 0.29) is 30.7 Å². The zero-order valence-electron chi connectivity index (χ0n) is 15.6. The third-order valence-corrected chi connectivity index (χ3v) is 5.08. The Bertz CT molecular complexity index is 757. The van der Waals surface area contributed by atoms with Crippen LogP contribution in [0.3, 0.4) is 0 Å². The standard InChI is InChI=1S/C20H24N4O2.2ClH/c25-20(24-11-6-17(15-24)23-12-9-22-10-13-23)16-2-1-3-19(14-16)26-18-4-7-21-8-5-18;;/h1-5,7-8,14,17,22H,6,9-13,15H2;2*1H. The first-order chi connectivity index (χ1) is 12.8. The molecule has 2 fully saturated rings. The summed E-state index contributed by atoms with van der Waals surface area (Å²) in [6, 6.07) is 11.5. The van der Waals surface area contributed by atoms with Crippen molar-refractivity contribution in [1.82, 2.24) is 20.1 Å². The molecule has 28 heavy (non-hydrogen) atoms. The number of rotatable bonds is 4. The van der Waals surface area contributed by atoms with Crippen molar-refractivity contribution in [2.45, 2.75) is 12.5 Å². The Labute approximate surface area is 178 Å². The van der Waals surface area contributed by atoms with Crippen LogP contribution in [0.15, 0.2) is 48.8 Å². The fraction of sp³-hybridized carbons (Fsp3) is 0.400. The Morgan fingerprint density at radius 1 is 1.04 bits per heavy atom. The molecule has 2 aromatic rings. The number of piperazine rings is 1. The van der Waals surface area contributed by atoms with E-state index in [1.807, 2.05) is 29.2 Å². The van der Waals surface area contributed by atoms with Crippen LogP contribution in [0.1, 0.15) is 16.8 Å². The quantitative estimate of drug-likeness (QED) is 0.817. The second-order valence-corrected chi connectivity index (χ2v) is 6.79. The molecular formula is C20H26Cl2N4O2. The smallest absolute Gasteiger partial charge is 0.254 e. The number of halogens is 2. The topological polar surface area (TPSA) is 57.7 Å². The molecule has 2 aliphatic heterocycles. The monoisotopic (exact) mass is 424 g/mol. The zero-order chi connectivity index (χ0) is 17.8. The molecule has 4 rings (SSSR count). The lowest BCUT2D eigenvalue weighted by atomic mass is 10.2. The molecule has 0 radical (unpaired) electrons. The van der Waals surface area contributed by atoms with Gasteiger partial charge in [-0.3, -0.25) is 14.7 Å². The first-order valence-electron chi connectivity index (χ1n) is 9.21. The number of benzene rings is 1. The summed E-state index contributed by atoms with van der Waals surface area (Å²) in [5.41, 5.74) is 0.678. The van der Waals surface area contributed by atoms with Crippen molar-refractivity contribution in [2.75, 3.05) is 39.3 Å². The highest BCUT2D eigenvalue weighted by atomic mass is 35.5. The van der Waals surface area contributed by atoms with Gasteiger partial charge in [0, 0.05) is 63.3 Å². The van der Waals surface area contributed by atoms with Gasteiger partial charge in [-0.2, -0.15) is 0 Å². The van der Waals surface area contributed by atoms with E-state index in [0.29, 0.717) is 23.1 Å².